The van der Waals surface area contributed by atoms with Crippen molar-refractivity contribution >= 4 is 115 Å². The molecule has 0 unspecified atom stereocenters. The summed E-state index contributed by atoms with van der Waals surface area (Å²) >= 11 is 0. The number of aromatic nitrogens is 6. The van der Waals surface area contributed by atoms with Gasteiger partial charge in [0.1, 0.15) is 0 Å². The number of hydrogen-bond donors (Lipinski definition) is 0. The van der Waals surface area contributed by atoms with Crippen LogP contribution in [0.1, 0.15) is 0 Å². The molecule has 0 amide bonds. The van der Waals surface area contributed by atoms with E-state index in [-0.39, 0.29) is 0 Å². The topological polar surface area (TPSA) is 49.9 Å². The van der Waals surface area contributed by atoms with E-state index in [1.165, 1.54) is 43.6 Å². The van der Waals surface area contributed by atoms with Crippen LogP contribution in [0.2, 0.25) is 0 Å². The molecule has 0 aliphatic rings. The number of rotatable bonds is 8. The quantitative estimate of drug-likeness (QED) is 0.112. The third-order valence-electron chi connectivity index (χ3n) is 18.9. The Morgan fingerprint density at radius 1 is 0.250 bits per heavy atom. The summed E-state index contributed by atoms with van der Waals surface area (Å²) in [6.07, 6.45) is 0. The van der Waals surface area contributed by atoms with Crippen molar-refractivity contribution in [3.63, 3.8) is 0 Å². The summed E-state index contributed by atoms with van der Waals surface area (Å²) < 4.78 is 9.59. The normalized spacial score (nSPS) is 11.9. The summed E-state index contributed by atoms with van der Waals surface area (Å²) in [5.74, 6) is 0.582. The lowest BCUT2D eigenvalue weighted by molar-refractivity contribution is 1.13. The summed E-state index contributed by atoms with van der Waals surface area (Å²) in [5, 5.41) is 12.6. The van der Waals surface area contributed by atoms with Gasteiger partial charge in [0.2, 0.25) is 0 Å². The van der Waals surface area contributed by atoms with Crippen LogP contribution in [0, 0.1) is 6.57 Å². The zero-order valence-electron chi connectivity index (χ0n) is 49.6. The monoisotopic (exact) mass is 1170 g/mol. The maximum atomic E-state index is 8.05. The molecule has 0 saturated heterocycles. The van der Waals surface area contributed by atoms with Gasteiger partial charge in [-0.15, -0.1) is 0 Å². The largest absolute Gasteiger partial charge is 0.309 e. The molecule has 0 spiro atoms. The van der Waals surface area contributed by atoms with E-state index in [9.17, 15) is 0 Å². The van der Waals surface area contributed by atoms with Gasteiger partial charge in [0, 0.05) is 76.8 Å². The van der Waals surface area contributed by atoms with Gasteiger partial charge >= 0.3 is 0 Å². The van der Waals surface area contributed by atoms with E-state index in [4.69, 9.17) is 16.5 Å². The van der Waals surface area contributed by atoms with E-state index < -0.39 is 0 Å². The van der Waals surface area contributed by atoms with Crippen LogP contribution in [0.3, 0.4) is 0 Å². The second-order valence-electron chi connectivity index (χ2n) is 24.0. The fraction of sp³-hybridized carbons (Fsp3) is 0. The fourth-order valence-electron chi connectivity index (χ4n) is 14.8. The second kappa shape index (κ2) is 20.2. The molecule has 19 aromatic rings. The minimum atomic E-state index is 0.553. The van der Waals surface area contributed by atoms with Crippen LogP contribution in [0.15, 0.2) is 309 Å². The Kier molecular flexibility index (Phi) is 11.3. The van der Waals surface area contributed by atoms with Gasteiger partial charge in [0.15, 0.2) is 11.5 Å². The Morgan fingerprint density at radius 3 is 1.09 bits per heavy atom. The minimum Gasteiger partial charge on any atom is -0.309 e. The number of nitrogens with zero attached hydrogens (tertiary/aromatic N) is 7. The molecule has 0 N–H and O–H groups in total. The Morgan fingerprint density at radius 2 is 0.641 bits per heavy atom. The molecule has 5 heterocycles. The van der Waals surface area contributed by atoms with Gasteiger partial charge in [-0.05, 0) is 166 Å². The summed E-state index contributed by atoms with van der Waals surface area (Å²) in [5.41, 5.74) is 21.7. The summed E-state index contributed by atoms with van der Waals surface area (Å²) in [6.45, 7) is 8.05. The van der Waals surface area contributed by atoms with E-state index in [1.807, 2.05) is 18.2 Å². The van der Waals surface area contributed by atoms with Crippen LogP contribution < -0.4 is 0 Å². The van der Waals surface area contributed by atoms with Gasteiger partial charge in [-0.3, -0.25) is 0 Å². The Hall–Kier alpha value is -12.6. The molecular formula is C85H51N7. The number of para-hydroxylation sites is 6. The van der Waals surface area contributed by atoms with Crippen molar-refractivity contribution in [1.82, 2.24) is 28.2 Å². The lowest BCUT2D eigenvalue weighted by Gasteiger charge is -2.17. The van der Waals surface area contributed by atoms with Gasteiger partial charge < -0.3 is 18.3 Å². The highest BCUT2D eigenvalue weighted by Gasteiger charge is 2.23. The predicted molar refractivity (Wildman–Crippen MR) is 382 cm³/mol. The van der Waals surface area contributed by atoms with E-state index in [0.29, 0.717) is 11.5 Å². The lowest BCUT2D eigenvalue weighted by Crippen LogP contribution is -2.02. The van der Waals surface area contributed by atoms with Crippen LogP contribution in [-0.4, -0.2) is 28.2 Å². The van der Waals surface area contributed by atoms with Gasteiger partial charge in [-0.25, -0.2) is 14.8 Å². The van der Waals surface area contributed by atoms with Crippen molar-refractivity contribution in [3.05, 3.63) is 321 Å². The van der Waals surface area contributed by atoms with Crippen LogP contribution in [0.5, 0.6) is 0 Å². The predicted octanol–water partition coefficient (Wildman–Crippen LogP) is 22.4. The maximum Gasteiger partial charge on any atom is 0.187 e. The first-order valence-corrected chi connectivity index (χ1v) is 31.1. The number of hydrogen-bond acceptors (Lipinski definition) is 2. The zero-order valence-corrected chi connectivity index (χ0v) is 49.6. The second-order valence-corrected chi connectivity index (χ2v) is 24.0. The molecule has 0 aliphatic heterocycles. The molecular weight excluding hydrogens is 1120 g/mol. The first kappa shape index (κ1) is 51.4. The summed E-state index contributed by atoms with van der Waals surface area (Å²) in [6, 6.07) is 111. The number of benzene rings is 14. The van der Waals surface area contributed by atoms with Crippen LogP contribution in [0.25, 0.3) is 181 Å². The molecule has 426 valence electrons. The van der Waals surface area contributed by atoms with E-state index >= 15 is 0 Å². The van der Waals surface area contributed by atoms with Crippen LogP contribution >= 0.6 is 0 Å². The molecule has 7 nitrogen and oxygen atoms in total. The van der Waals surface area contributed by atoms with Gasteiger partial charge in [-0.2, -0.15) is 0 Å². The van der Waals surface area contributed by atoms with E-state index in [2.05, 4.69) is 314 Å². The highest BCUT2D eigenvalue weighted by atomic mass is 15.0. The standard InChI is InChI=1S/C85H51N7/c1-86-60-21-18-20-58(45-60)84-83-65-26-9-8-19-53(65)35-40-74(83)87-85(88-84)59-46-63(91-77-33-16-12-29-68(77)72-50-56(38-43-81(72)91)54-36-41-79-70(48-54)66-27-10-14-31-75(66)89(79)61-22-4-2-5-23-61)52-64(47-59)92-78-34-17-13-30-69(78)73-51-57(39-44-82(73)92)55-37-42-80-71(49-55)67-28-11-15-32-76(67)90(80)62-24-6-3-7-25-62/h2-52H. The molecule has 0 atom stereocenters. The van der Waals surface area contributed by atoms with E-state index in [0.717, 1.165) is 127 Å². The van der Waals surface area contributed by atoms with Crippen molar-refractivity contribution in [2.75, 3.05) is 0 Å². The molecule has 0 saturated carbocycles. The maximum absolute atomic E-state index is 8.05. The highest BCUT2D eigenvalue weighted by Crippen LogP contribution is 2.44. The fourth-order valence-corrected chi connectivity index (χ4v) is 14.8. The van der Waals surface area contributed by atoms with E-state index in [1.54, 1.807) is 0 Å². The van der Waals surface area contributed by atoms with Crippen LogP contribution in [-0.2, 0) is 0 Å². The Bertz CT molecular complexity index is 6040. The first-order valence-electron chi connectivity index (χ1n) is 31.1. The SMILES string of the molecule is [C-]#[N+]c1cccc(-c2nc(-c3cc(-n4c5ccccc5c5cc(-c6ccc7c(c6)c6ccccc6n7-c6ccccc6)ccc54)cc(-n4c5ccccc5c5cc(-c6ccc7c(c6)c6ccccc6n7-c6ccccc6)ccc54)c3)nc3ccc4ccccc4c23)c1. The first-order chi connectivity index (χ1) is 45.6. The van der Waals surface area contributed by atoms with Gasteiger partial charge in [-0.1, -0.05) is 182 Å². The zero-order chi connectivity index (χ0) is 60.5. The molecule has 19 rings (SSSR count). The lowest BCUT2D eigenvalue weighted by atomic mass is 9.99. The molecule has 0 fully saturated rings. The molecule has 0 bridgehead atoms. The van der Waals surface area contributed by atoms with Crippen molar-refractivity contribution in [2.45, 2.75) is 0 Å². The Labute approximate surface area is 528 Å². The average molecular weight is 1170 g/mol. The van der Waals surface area contributed by atoms with Crippen molar-refractivity contribution in [3.8, 4) is 67.6 Å². The molecule has 7 heteroatoms. The van der Waals surface area contributed by atoms with Crippen molar-refractivity contribution in [2.24, 2.45) is 0 Å². The average Bonchev–Trinajstić information content (AvgIpc) is 1.49. The van der Waals surface area contributed by atoms with Crippen molar-refractivity contribution < 1.29 is 0 Å². The molecule has 92 heavy (non-hydrogen) atoms. The molecule has 5 aromatic heterocycles. The molecule has 0 radical (unpaired) electrons. The minimum absolute atomic E-state index is 0.553. The highest BCUT2D eigenvalue weighted by molar-refractivity contribution is 6.16. The summed E-state index contributed by atoms with van der Waals surface area (Å²) in [7, 11) is 0. The molecule has 0 aliphatic carbocycles. The van der Waals surface area contributed by atoms with Crippen molar-refractivity contribution in [1.29, 1.82) is 0 Å². The summed E-state index contributed by atoms with van der Waals surface area (Å²) in [4.78, 5) is 15.0. The number of fused-ring (bicyclic) bond motifs is 15. The Balaban J connectivity index is 0.830. The molecule has 14 aromatic carbocycles. The van der Waals surface area contributed by atoms with Crippen LogP contribution in [0.4, 0.5) is 5.69 Å². The third kappa shape index (κ3) is 7.88. The van der Waals surface area contributed by atoms with Gasteiger partial charge in [0.05, 0.1) is 61.9 Å². The van der Waals surface area contributed by atoms with Gasteiger partial charge in [0.25, 0.3) is 0 Å². The smallest absolute Gasteiger partial charge is 0.187 e. The third-order valence-corrected chi connectivity index (χ3v) is 18.9.